The average molecular weight is 426 g/mol. The minimum Gasteiger partial charge on any atom is -0.369 e. The van der Waals surface area contributed by atoms with Gasteiger partial charge in [-0.25, -0.2) is 0 Å². The van der Waals surface area contributed by atoms with Crippen LogP contribution in [0.3, 0.4) is 0 Å². The van der Waals surface area contributed by atoms with E-state index < -0.39 is 0 Å². The molecule has 1 aliphatic rings. The second-order valence-corrected chi connectivity index (χ2v) is 9.03. The quantitative estimate of drug-likeness (QED) is 0.452. The van der Waals surface area contributed by atoms with Crippen molar-refractivity contribution in [2.24, 2.45) is 0 Å². The maximum absolute atomic E-state index is 4.52. The molecule has 3 heteroatoms. The van der Waals surface area contributed by atoms with Crippen molar-refractivity contribution in [3.63, 3.8) is 0 Å². The molecule has 2 aromatic carbocycles. The van der Waals surface area contributed by atoms with E-state index in [1.54, 1.807) is 0 Å². The minimum absolute atomic E-state index is 0.845. The zero-order valence-corrected chi connectivity index (χ0v) is 19.8. The molecule has 0 amide bonds. The molecule has 3 aromatic rings. The first-order valence-electron chi connectivity index (χ1n) is 11.8. The van der Waals surface area contributed by atoms with Crippen molar-refractivity contribution < 1.29 is 0 Å². The van der Waals surface area contributed by atoms with Gasteiger partial charge in [-0.2, -0.15) is 0 Å². The van der Waals surface area contributed by atoms with Crippen LogP contribution in [0.1, 0.15) is 35.6 Å². The van der Waals surface area contributed by atoms with Crippen molar-refractivity contribution in [3.05, 3.63) is 89.6 Å². The zero-order chi connectivity index (χ0) is 22.5. The molecular formula is C29H35N3. The summed E-state index contributed by atoms with van der Waals surface area (Å²) in [6, 6.07) is 19.7. The van der Waals surface area contributed by atoms with Gasteiger partial charge in [-0.05, 0) is 91.9 Å². The van der Waals surface area contributed by atoms with Crippen LogP contribution in [-0.2, 0) is 6.42 Å². The molecule has 166 valence electrons. The number of piperazine rings is 1. The smallest absolute Gasteiger partial charge is 0.0702 e. The lowest BCUT2D eigenvalue weighted by atomic mass is 9.93. The molecule has 0 aliphatic carbocycles. The summed E-state index contributed by atoms with van der Waals surface area (Å²) in [6.07, 6.45) is 3.93. The second kappa shape index (κ2) is 10.1. The van der Waals surface area contributed by atoms with Gasteiger partial charge >= 0.3 is 0 Å². The summed E-state index contributed by atoms with van der Waals surface area (Å²) in [5.41, 5.74) is 9.80. The van der Waals surface area contributed by atoms with Crippen LogP contribution in [0.2, 0.25) is 0 Å². The number of rotatable bonds is 7. The largest absolute Gasteiger partial charge is 0.369 e. The highest BCUT2D eigenvalue weighted by molar-refractivity contribution is 5.72. The molecular weight excluding hydrogens is 390 g/mol. The highest BCUT2D eigenvalue weighted by Crippen LogP contribution is 2.28. The minimum atomic E-state index is 0.845. The third-order valence-corrected chi connectivity index (χ3v) is 6.38. The number of nitrogens with zero attached hydrogens (tertiary/aromatic N) is 3. The van der Waals surface area contributed by atoms with E-state index in [0.29, 0.717) is 0 Å². The summed E-state index contributed by atoms with van der Waals surface area (Å²) >= 11 is 0. The Hall–Kier alpha value is -2.91. The Morgan fingerprint density at radius 2 is 1.78 bits per heavy atom. The summed E-state index contributed by atoms with van der Waals surface area (Å²) in [5, 5.41) is 0. The normalized spacial score (nSPS) is 14.5. The van der Waals surface area contributed by atoms with Crippen LogP contribution < -0.4 is 4.90 Å². The first-order valence-corrected chi connectivity index (χ1v) is 11.8. The summed E-state index contributed by atoms with van der Waals surface area (Å²) in [7, 11) is 0. The van der Waals surface area contributed by atoms with E-state index in [1.807, 2.05) is 18.3 Å². The molecule has 0 N–H and O–H groups in total. The van der Waals surface area contributed by atoms with Crippen molar-refractivity contribution in [1.82, 2.24) is 9.88 Å². The Labute approximate surface area is 193 Å². The number of pyridine rings is 1. The average Bonchev–Trinajstić information content (AvgIpc) is 2.80. The number of aryl methyl sites for hydroxylation is 2. The number of hydrogen-bond donors (Lipinski definition) is 0. The Morgan fingerprint density at radius 3 is 2.47 bits per heavy atom. The monoisotopic (exact) mass is 425 g/mol. The van der Waals surface area contributed by atoms with Gasteiger partial charge in [0.05, 0.1) is 5.69 Å². The predicted octanol–water partition coefficient (Wildman–Crippen LogP) is 6.15. The van der Waals surface area contributed by atoms with Crippen LogP contribution in [0.15, 0.2) is 67.4 Å². The fraction of sp³-hybridized carbons (Fsp3) is 0.345. The van der Waals surface area contributed by atoms with E-state index in [1.165, 1.54) is 52.0 Å². The van der Waals surface area contributed by atoms with Gasteiger partial charge in [0.15, 0.2) is 0 Å². The van der Waals surface area contributed by atoms with Crippen LogP contribution in [0.25, 0.3) is 16.8 Å². The van der Waals surface area contributed by atoms with Crippen LogP contribution in [-0.4, -0.2) is 42.6 Å². The van der Waals surface area contributed by atoms with Gasteiger partial charge in [-0.15, -0.1) is 0 Å². The lowest BCUT2D eigenvalue weighted by Crippen LogP contribution is -2.46. The first-order chi connectivity index (χ1) is 15.5. The molecule has 0 saturated carbocycles. The maximum Gasteiger partial charge on any atom is 0.0702 e. The molecule has 0 atom stereocenters. The lowest BCUT2D eigenvalue weighted by molar-refractivity contribution is 0.258. The molecule has 1 fully saturated rings. The Balaban J connectivity index is 1.47. The molecule has 4 rings (SSSR count). The van der Waals surface area contributed by atoms with Crippen molar-refractivity contribution in [1.29, 1.82) is 0 Å². The van der Waals surface area contributed by atoms with Gasteiger partial charge in [0.25, 0.3) is 0 Å². The Kier molecular flexibility index (Phi) is 7.06. The summed E-state index contributed by atoms with van der Waals surface area (Å²) in [4.78, 5) is 9.61. The van der Waals surface area contributed by atoms with E-state index in [2.05, 4.69) is 84.6 Å². The van der Waals surface area contributed by atoms with Gasteiger partial charge in [-0.1, -0.05) is 37.3 Å². The van der Waals surface area contributed by atoms with Gasteiger partial charge in [0.1, 0.15) is 0 Å². The fourth-order valence-corrected chi connectivity index (χ4v) is 4.77. The van der Waals surface area contributed by atoms with Crippen LogP contribution in [0.4, 0.5) is 5.69 Å². The predicted molar refractivity (Wildman–Crippen MR) is 137 cm³/mol. The Morgan fingerprint density at radius 1 is 0.969 bits per heavy atom. The van der Waals surface area contributed by atoms with Gasteiger partial charge < -0.3 is 4.90 Å². The molecule has 0 radical (unpaired) electrons. The van der Waals surface area contributed by atoms with E-state index in [9.17, 15) is 0 Å². The summed E-state index contributed by atoms with van der Waals surface area (Å²) < 4.78 is 0. The van der Waals surface area contributed by atoms with E-state index in [-0.39, 0.29) is 0 Å². The molecule has 32 heavy (non-hydrogen) atoms. The Bertz CT molecular complexity index is 1060. The van der Waals surface area contributed by atoms with Gasteiger partial charge in [0.2, 0.25) is 0 Å². The molecule has 1 aromatic heterocycles. The summed E-state index contributed by atoms with van der Waals surface area (Å²) in [6.45, 7) is 16.8. The molecule has 0 spiro atoms. The highest BCUT2D eigenvalue weighted by atomic mass is 15.3. The van der Waals surface area contributed by atoms with Crippen molar-refractivity contribution in [3.8, 4) is 11.3 Å². The standard InChI is InChI=1S/C29H35N3/c1-5-12-31-13-15-32(16-14-31)27-9-10-28(24(4)20-27)23(3)19-25-17-22(2)18-26(21-25)29-8-6-7-11-30-29/h6-11,17-18,20-21H,3,5,12-16,19H2,1-2,4H3. The molecule has 0 bridgehead atoms. The topological polar surface area (TPSA) is 19.4 Å². The number of allylic oxidation sites excluding steroid dienone is 1. The molecule has 3 nitrogen and oxygen atoms in total. The number of hydrogen-bond acceptors (Lipinski definition) is 3. The fourth-order valence-electron chi connectivity index (χ4n) is 4.77. The lowest BCUT2D eigenvalue weighted by Gasteiger charge is -2.36. The van der Waals surface area contributed by atoms with E-state index in [4.69, 9.17) is 0 Å². The molecule has 0 unspecified atom stereocenters. The first kappa shape index (κ1) is 22.3. The third kappa shape index (κ3) is 5.28. The maximum atomic E-state index is 4.52. The van der Waals surface area contributed by atoms with Gasteiger partial charge in [0, 0.05) is 43.6 Å². The van der Waals surface area contributed by atoms with E-state index >= 15 is 0 Å². The van der Waals surface area contributed by atoms with Crippen molar-refractivity contribution >= 4 is 11.3 Å². The SMILES string of the molecule is C=C(Cc1cc(C)cc(-c2ccccn2)c1)c1ccc(N2CCN(CCC)CC2)cc1C. The molecule has 1 saturated heterocycles. The summed E-state index contributed by atoms with van der Waals surface area (Å²) in [5.74, 6) is 0. The molecule has 2 heterocycles. The number of benzene rings is 2. The van der Waals surface area contributed by atoms with Crippen LogP contribution >= 0.6 is 0 Å². The number of anilines is 1. The van der Waals surface area contributed by atoms with Crippen LogP contribution in [0, 0.1) is 13.8 Å². The van der Waals surface area contributed by atoms with Crippen molar-refractivity contribution in [2.45, 2.75) is 33.6 Å². The van der Waals surface area contributed by atoms with Crippen molar-refractivity contribution in [2.75, 3.05) is 37.6 Å². The van der Waals surface area contributed by atoms with E-state index in [0.717, 1.165) is 38.3 Å². The number of aromatic nitrogens is 1. The zero-order valence-electron chi connectivity index (χ0n) is 19.8. The third-order valence-electron chi connectivity index (χ3n) is 6.38. The second-order valence-electron chi connectivity index (χ2n) is 9.03. The highest BCUT2D eigenvalue weighted by Gasteiger charge is 2.17. The van der Waals surface area contributed by atoms with Crippen LogP contribution in [0.5, 0.6) is 0 Å². The molecule has 1 aliphatic heterocycles. The van der Waals surface area contributed by atoms with Gasteiger partial charge in [-0.3, -0.25) is 9.88 Å².